The molecule has 110 valence electrons. The van der Waals surface area contributed by atoms with E-state index in [1.807, 2.05) is 37.3 Å². The molecule has 0 atom stereocenters. The Balaban J connectivity index is 1.84. The van der Waals surface area contributed by atoms with Crippen molar-refractivity contribution in [2.75, 3.05) is 6.61 Å². The van der Waals surface area contributed by atoms with Crippen molar-refractivity contribution in [1.29, 1.82) is 0 Å². The first-order chi connectivity index (χ1) is 10.6. The van der Waals surface area contributed by atoms with E-state index in [9.17, 15) is 4.79 Å². The third-order valence-electron chi connectivity index (χ3n) is 3.22. The summed E-state index contributed by atoms with van der Waals surface area (Å²) >= 11 is 0. The summed E-state index contributed by atoms with van der Waals surface area (Å²) < 4.78 is 11.3. The van der Waals surface area contributed by atoms with E-state index in [0.29, 0.717) is 29.4 Å². The molecule has 0 spiro atoms. The molecule has 0 amide bonds. The van der Waals surface area contributed by atoms with Crippen LogP contribution in [0.3, 0.4) is 0 Å². The van der Waals surface area contributed by atoms with E-state index in [1.165, 1.54) is 0 Å². The minimum absolute atomic E-state index is 0.106. The monoisotopic (exact) mass is 292 g/mol. The second kappa shape index (κ2) is 5.90. The molecule has 3 heteroatoms. The van der Waals surface area contributed by atoms with Crippen molar-refractivity contribution >= 4 is 11.9 Å². The van der Waals surface area contributed by atoms with Gasteiger partial charge in [0.2, 0.25) is 5.78 Å². The Labute approximate surface area is 129 Å². The summed E-state index contributed by atoms with van der Waals surface area (Å²) in [5.41, 5.74) is 2.42. The molecule has 2 aromatic rings. The number of hydrogen-bond acceptors (Lipinski definition) is 3. The molecular weight excluding hydrogens is 276 g/mol. The van der Waals surface area contributed by atoms with E-state index in [4.69, 9.17) is 9.47 Å². The highest BCUT2D eigenvalue weighted by atomic mass is 16.5. The van der Waals surface area contributed by atoms with Crippen LogP contribution in [-0.4, -0.2) is 12.4 Å². The Kier molecular flexibility index (Phi) is 3.79. The normalized spacial score (nSPS) is 14.6. The second-order valence-corrected chi connectivity index (χ2v) is 5.25. The van der Waals surface area contributed by atoms with Crippen LogP contribution < -0.4 is 9.47 Å². The molecule has 0 fully saturated rings. The molecule has 2 aromatic carbocycles. The molecule has 3 nitrogen and oxygen atoms in total. The van der Waals surface area contributed by atoms with Crippen LogP contribution in [0.1, 0.15) is 22.8 Å². The fourth-order valence-corrected chi connectivity index (χ4v) is 2.16. The Morgan fingerprint density at radius 3 is 2.73 bits per heavy atom. The van der Waals surface area contributed by atoms with E-state index in [2.05, 4.69) is 6.58 Å². The third-order valence-corrected chi connectivity index (χ3v) is 3.22. The summed E-state index contributed by atoms with van der Waals surface area (Å²) in [6.45, 7) is 6.13. The molecule has 0 saturated carbocycles. The molecule has 0 bridgehead atoms. The van der Waals surface area contributed by atoms with Crippen molar-refractivity contribution in [3.63, 3.8) is 0 Å². The predicted octanol–water partition coefficient (Wildman–Crippen LogP) is 4.26. The number of hydrogen-bond donors (Lipinski definition) is 0. The van der Waals surface area contributed by atoms with Crippen molar-refractivity contribution in [3.05, 3.63) is 77.6 Å². The summed E-state index contributed by atoms with van der Waals surface area (Å²) in [6.07, 6.45) is 1.75. The van der Waals surface area contributed by atoms with Crippen molar-refractivity contribution < 1.29 is 14.3 Å². The van der Waals surface area contributed by atoms with Gasteiger partial charge >= 0.3 is 0 Å². The summed E-state index contributed by atoms with van der Waals surface area (Å²) in [4.78, 5) is 12.3. The van der Waals surface area contributed by atoms with E-state index in [-0.39, 0.29) is 5.78 Å². The molecular formula is C19H16O3. The van der Waals surface area contributed by atoms with Gasteiger partial charge in [-0.1, -0.05) is 36.9 Å². The number of ketones is 1. The summed E-state index contributed by atoms with van der Waals surface area (Å²) in [5, 5.41) is 0. The van der Waals surface area contributed by atoms with E-state index >= 15 is 0 Å². The lowest BCUT2D eigenvalue weighted by molar-refractivity contribution is 0.101. The maximum absolute atomic E-state index is 12.3. The fraction of sp³-hybridized carbons (Fsp3) is 0.105. The molecule has 1 aliphatic rings. The first kappa shape index (κ1) is 14.1. The topological polar surface area (TPSA) is 35.5 Å². The predicted molar refractivity (Wildman–Crippen MR) is 86.1 cm³/mol. The van der Waals surface area contributed by atoms with Crippen LogP contribution in [0.25, 0.3) is 6.08 Å². The van der Waals surface area contributed by atoms with Crippen LogP contribution in [0.2, 0.25) is 0 Å². The van der Waals surface area contributed by atoms with Gasteiger partial charge < -0.3 is 9.47 Å². The third kappa shape index (κ3) is 2.93. The first-order valence-electron chi connectivity index (χ1n) is 7.04. The molecule has 0 N–H and O–H groups in total. The lowest BCUT2D eigenvalue weighted by Crippen LogP contribution is -1.98. The second-order valence-electron chi connectivity index (χ2n) is 5.25. The Morgan fingerprint density at radius 1 is 1.23 bits per heavy atom. The lowest BCUT2D eigenvalue weighted by atomic mass is 10.1. The van der Waals surface area contributed by atoms with Gasteiger partial charge in [0, 0.05) is 6.07 Å². The number of carbonyl (C=O) groups excluding carboxylic acids is 1. The van der Waals surface area contributed by atoms with Crippen LogP contribution >= 0.6 is 0 Å². The maximum atomic E-state index is 12.3. The largest absolute Gasteiger partial charge is 0.489 e. The number of fused-ring (bicyclic) bond motifs is 1. The Bertz CT molecular complexity index is 758. The van der Waals surface area contributed by atoms with Crippen LogP contribution in [-0.2, 0) is 0 Å². The molecule has 22 heavy (non-hydrogen) atoms. The average molecular weight is 292 g/mol. The summed E-state index contributed by atoms with van der Waals surface area (Å²) in [6, 6.07) is 14.9. The van der Waals surface area contributed by atoms with Crippen LogP contribution in [0, 0.1) is 0 Å². The van der Waals surface area contributed by atoms with Crippen LogP contribution in [0.4, 0.5) is 0 Å². The van der Waals surface area contributed by atoms with Gasteiger partial charge in [0.25, 0.3) is 0 Å². The van der Waals surface area contributed by atoms with Crippen molar-refractivity contribution in [1.82, 2.24) is 0 Å². The van der Waals surface area contributed by atoms with Gasteiger partial charge in [-0.2, -0.15) is 0 Å². The highest BCUT2D eigenvalue weighted by Gasteiger charge is 2.27. The van der Waals surface area contributed by atoms with E-state index in [1.54, 1.807) is 24.3 Å². The van der Waals surface area contributed by atoms with Crippen LogP contribution in [0.5, 0.6) is 11.5 Å². The highest BCUT2D eigenvalue weighted by molar-refractivity contribution is 6.14. The Morgan fingerprint density at radius 2 is 2.00 bits per heavy atom. The average Bonchev–Trinajstić information content (AvgIpc) is 2.82. The number of ether oxygens (including phenoxy) is 2. The molecule has 0 radical (unpaired) electrons. The molecule has 0 saturated heterocycles. The molecule has 1 aliphatic heterocycles. The SMILES string of the molecule is C=C(C)COc1ccc2c(c1)O/C(=C/c1ccccc1)C2=O. The zero-order valence-electron chi connectivity index (χ0n) is 12.3. The maximum Gasteiger partial charge on any atom is 0.231 e. The van der Waals surface area contributed by atoms with Gasteiger partial charge in [0.05, 0.1) is 5.56 Å². The smallest absolute Gasteiger partial charge is 0.231 e. The number of allylic oxidation sites excluding steroid dienone is 1. The molecule has 3 rings (SSSR count). The standard InChI is InChI=1S/C19H16O3/c1-13(2)12-21-15-8-9-16-17(11-15)22-18(19(16)20)10-14-6-4-3-5-7-14/h3-11H,1,12H2,2H3/b18-10+. The van der Waals surface area contributed by atoms with E-state index in [0.717, 1.165) is 11.1 Å². The number of rotatable bonds is 4. The fourth-order valence-electron chi connectivity index (χ4n) is 2.16. The quantitative estimate of drug-likeness (QED) is 0.624. The highest BCUT2D eigenvalue weighted by Crippen LogP contribution is 2.34. The van der Waals surface area contributed by atoms with Crippen LogP contribution in [0.15, 0.2) is 66.4 Å². The zero-order valence-corrected chi connectivity index (χ0v) is 12.3. The van der Waals surface area contributed by atoms with Crippen molar-refractivity contribution in [2.24, 2.45) is 0 Å². The van der Waals surface area contributed by atoms with E-state index < -0.39 is 0 Å². The minimum atomic E-state index is -0.106. The molecule has 0 aromatic heterocycles. The molecule has 0 aliphatic carbocycles. The number of carbonyl (C=O) groups is 1. The number of Topliss-reactive ketones (excluding diaryl/α,β-unsaturated/α-hetero) is 1. The van der Waals surface area contributed by atoms with Gasteiger partial charge in [0.1, 0.15) is 18.1 Å². The zero-order chi connectivity index (χ0) is 15.5. The van der Waals surface area contributed by atoms with Gasteiger partial charge in [0.15, 0.2) is 5.76 Å². The van der Waals surface area contributed by atoms with Gasteiger partial charge in [-0.3, -0.25) is 4.79 Å². The molecule has 0 unspecified atom stereocenters. The first-order valence-corrected chi connectivity index (χ1v) is 7.04. The Hall–Kier alpha value is -2.81. The minimum Gasteiger partial charge on any atom is -0.489 e. The summed E-state index contributed by atoms with van der Waals surface area (Å²) in [5.74, 6) is 1.42. The molecule has 1 heterocycles. The lowest BCUT2D eigenvalue weighted by Gasteiger charge is -2.06. The number of benzene rings is 2. The summed E-state index contributed by atoms with van der Waals surface area (Å²) in [7, 11) is 0. The van der Waals surface area contributed by atoms with Gasteiger partial charge in [-0.05, 0) is 36.3 Å². The van der Waals surface area contributed by atoms with Gasteiger partial charge in [-0.25, -0.2) is 0 Å². The van der Waals surface area contributed by atoms with Crippen molar-refractivity contribution in [3.8, 4) is 11.5 Å². The van der Waals surface area contributed by atoms with Gasteiger partial charge in [-0.15, -0.1) is 0 Å². The van der Waals surface area contributed by atoms with Crippen molar-refractivity contribution in [2.45, 2.75) is 6.92 Å².